The first-order chi connectivity index (χ1) is 10.5. The number of rotatable bonds is 5. The molecule has 22 heavy (non-hydrogen) atoms. The van der Waals surface area contributed by atoms with E-state index in [1.807, 2.05) is 0 Å². The number of benzene rings is 1. The monoisotopic (exact) mass is 303 g/mol. The fourth-order valence-corrected chi connectivity index (χ4v) is 1.83. The Labute approximate surface area is 127 Å². The molecule has 0 bridgehead atoms. The molecule has 0 saturated carbocycles. The van der Waals surface area contributed by atoms with Crippen LogP contribution in [0.25, 0.3) is 0 Å². The number of carbonyl (C=O) groups excluding carboxylic acids is 2. The van der Waals surface area contributed by atoms with Gasteiger partial charge in [0.05, 0.1) is 12.8 Å². The number of nitrogens with one attached hydrogen (secondary N) is 1. The van der Waals surface area contributed by atoms with Gasteiger partial charge in [0, 0.05) is 0 Å². The molecule has 6 nitrogen and oxygen atoms in total. The van der Waals surface area contributed by atoms with E-state index < -0.39 is 18.0 Å². The topological polar surface area (TPSA) is 88.8 Å². The van der Waals surface area contributed by atoms with Gasteiger partial charge in [-0.3, -0.25) is 4.79 Å². The minimum absolute atomic E-state index is 0.0330. The lowest BCUT2D eigenvalue weighted by Gasteiger charge is -2.14. The highest BCUT2D eigenvalue weighted by Crippen LogP contribution is 2.22. The number of hydrogen-bond donors (Lipinski definition) is 2. The van der Waals surface area contributed by atoms with Crippen molar-refractivity contribution in [3.63, 3.8) is 0 Å². The van der Waals surface area contributed by atoms with Crippen LogP contribution < -0.4 is 5.32 Å². The average Bonchev–Trinajstić information content (AvgIpc) is 3.00. The van der Waals surface area contributed by atoms with Crippen LogP contribution in [0.1, 0.15) is 28.6 Å². The average molecular weight is 303 g/mol. The Balaban J connectivity index is 1.93. The maximum Gasteiger partial charge on any atom is 0.342 e. The molecule has 2 N–H and O–H groups in total. The second-order valence-electron chi connectivity index (χ2n) is 4.82. The van der Waals surface area contributed by atoms with E-state index in [4.69, 9.17) is 9.15 Å². The zero-order valence-corrected chi connectivity index (χ0v) is 12.3. The van der Waals surface area contributed by atoms with Crippen molar-refractivity contribution >= 4 is 11.9 Å². The van der Waals surface area contributed by atoms with Crippen LogP contribution in [0.5, 0.6) is 5.75 Å². The number of furan rings is 1. The fraction of sp³-hybridized carbons (Fsp3) is 0.250. The smallest absolute Gasteiger partial charge is 0.342 e. The largest absolute Gasteiger partial charge is 0.507 e. The molecule has 1 heterocycles. The number of para-hydroxylation sites is 1. The summed E-state index contributed by atoms with van der Waals surface area (Å²) in [5, 5.41) is 12.4. The Kier molecular flexibility index (Phi) is 4.83. The summed E-state index contributed by atoms with van der Waals surface area (Å²) in [5.41, 5.74) is 0.593. The van der Waals surface area contributed by atoms with Gasteiger partial charge in [-0.15, -0.1) is 0 Å². The van der Waals surface area contributed by atoms with Gasteiger partial charge in [-0.2, -0.15) is 0 Å². The maximum absolute atomic E-state index is 12.0. The van der Waals surface area contributed by atoms with Gasteiger partial charge >= 0.3 is 5.97 Å². The third-order valence-corrected chi connectivity index (χ3v) is 3.13. The van der Waals surface area contributed by atoms with E-state index >= 15 is 0 Å². The molecule has 1 aromatic heterocycles. The van der Waals surface area contributed by atoms with E-state index in [9.17, 15) is 14.7 Å². The molecule has 0 spiro atoms. The Morgan fingerprint density at radius 2 is 2.09 bits per heavy atom. The second kappa shape index (κ2) is 6.80. The standard InChI is InChI=1S/C16H17NO5/c1-10-5-3-7-13(14(10)18)16(20)22-11(2)15(19)17-9-12-6-4-8-21-12/h3-8,11,18H,9H2,1-2H3,(H,17,19)/t11-/m1/s1. The van der Waals surface area contributed by atoms with E-state index in [0.29, 0.717) is 11.3 Å². The minimum Gasteiger partial charge on any atom is -0.507 e. The van der Waals surface area contributed by atoms with Gasteiger partial charge < -0.3 is 19.6 Å². The van der Waals surface area contributed by atoms with E-state index in [0.717, 1.165) is 0 Å². The van der Waals surface area contributed by atoms with Crippen LogP contribution in [-0.2, 0) is 16.1 Å². The normalized spacial score (nSPS) is 11.7. The Morgan fingerprint density at radius 3 is 2.77 bits per heavy atom. The molecule has 0 radical (unpaired) electrons. The lowest BCUT2D eigenvalue weighted by Crippen LogP contribution is -2.35. The number of phenols is 1. The summed E-state index contributed by atoms with van der Waals surface area (Å²) >= 11 is 0. The van der Waals surface area contributed by atoms with Gasteiger partial charge in [-0.05, 0) is 37.6 Å². The highest BCUT2D eigenvalue weighted by molar-refractivity contribution is 5.94. The third kappa shape index (κ3) is 3.66. The number of aromatic hydroxyl groups is 1. The van der Waals surface area contributed by atoms with Crippen LogP contribution in [-0.4, -0.2) is 23.1 Å². The van der Waals surface area contributed by atoms with Crippen LogP contribution in [0, 0.1) is 6.92 Å². The quantitative estimate of drug-likeness (QED) is 0.826. The molecule has 0 fully saturated rings. The third-order valence-electron chi connectivity index (χ3n) is 3.13. The highest BCUT2D eigenvalue weighted by atomic mass is 16.5. The van der Waals surface area contributed by atoms with Crippen molar-refractivity contribution in [2.24, 2.45) is 0 Å². The van der Waals surface area contributed by atoms with Gasteiger partial charge in [-0.25, -0.2) is 4.79 Å². The molecule has 1 amide bonds. The SMILES string of the molecule is Cc1cccc(C(=O)O[C@H](C)C(=O)NCc2ccco2)c1O. The molecule has 6 heteroatoms. The van der Waals surface area contributed by atoms with Crippen LogP contribution in [0.4, 0.5) is 0 Å². The summed E-state index contributed by atoms with van der Waals surface area (Å²) in [6.07, 6.45) is 0.522. The number of phenolic OH excluding ortho intramolecular Hbond substituents is 1. The van der Waals surface area contributed by atoms with Gasteiger partial charge in [-0.1, -0.05) is 12.1 Å². The van der Waals surface area contributed by atoms with Crippen molar-refractivity contribution in [2.45, 2.75) is 26.5 Å². The number of aryl methyl sites for hydroxylation is 1. The lowest BCUT2D eigenvalue weighted by atomic mass is 10.1. The molecule has 2 rings (SSSR count). The predicted octanol–water partition coefficient (Wildman–Crippen LogP) is 2.16. The zero-order valence-electron chi connectivity index (χ0n) is 12.3. The first-order valence-corrected chi connectivity index (χ1v) is 6.78. The fourth-order valence-electron chi connectivity index (χ4n) is 1.83. The van der Waals surface area contributed by atoms with Gasteiger partial charge in [0.2, 0.25) is 0 Å². The number of ether oxygens (including phenoxy) is 1. The molecule has 0 unspecified atom stereocenters. The van der Waals surface area contributed by atoms with Crippen molar-refractivity contribution in [3.8, 4) is 5.75 Å². The predicted molar refractivity (Wildman–Crippen MR) is 78.3 cm³/mol. The zero-order chi connectivity index (χ0) is 16.1. The summed E-state index contributed by atoms with van der Waals surface area (Å²) in [7, 11) is 0. The highest BCUT2D eigenvalue weighted by Gasteiger charge is 2.21. The summed E-state index contributed by atoms with van der Waals surface area (Å²) in [6, 6.07) is 8.18. The molecule has 0 saturated heterocycles. The van der Waals surface area contributed by atoms with E-state index in [1.165, 1.54) is 19.3 Å². The molecular formula is C16H17NO5. The molecule has 1 atom stereocenters. The van der Waals surface area contributed by atoms with Crippen molar-refractivity contribution in [1.29, 1.82) is 0 Å². The maximum atomic E-state index is 12.0. The number of amides is 1. The van der Waals surface area contributed by atoms with Crippen LogP contribution >= 0.6 is 0 Å². The van der Waals surface area contributed by atoms with Crippen molar-refractivity contribution < 1.29 is 23.8 Å². The van der Waals surface area contributed by atoms with Crippen LogP contribution in [0.2, 0.25) is 0 Å². The van der Waals surface area contributed by atoms with Crippen LogP contribution in [0.15, 0.2) is 41.0 Å². The Hall–Kier alpha value is -2.76. The second-order valence-corrected chi connectivity index (χ2v) is 4.82. The minimum atomic E-state index is -0.984. The molecule has 1 aromatic carbocycles. The Bertz CT molecular complexity index is 663. The molecule has 2 aromatic rings. The van der Waals surface area contributed by atoms with Gasteiger partial charge in [0.25, 0.3) is 5.91 Å². The summed E-state index contributed by atoms with van der Waals surface area (Å²) < 4.78 is 10.1. The number of esters is 1. The van der Waals surface area contributed by atoms with E-state index in [-0.39, 0.29) is 17.9 Å². The first-order valence-electron chi connectivity index (χ1n) is 6.78. The van der Waals surface area contributed by atoms with Crippen molar-refractivity contribution in [3.05, 3.63) is 53.5 Å². The summed E-state index contributed by atoms with van der Waals surface area (Å²) in [5.74, 6) is -0.738. The summed E-state index contributed by atoms with van der Waals surface area (Å²) in [6.45, 7) is 3.34. The summed E-state index contributed by atoms with van der Waals surface area (Å²) in [4.78, 5) is 23.8. The van der Waals surface area contributed by atoms with Gasteiger partial charge in [0.15, 0.2) is 6.10 Å². The molecule has 116 valence electrons. The molecule has 0 aliphatic carbocycles. The van der Waals surface area contributed by atoms with E-state index in [1.54, 1.807) is 31.2 Å². The first kappa shape index (κ1) is 15.6. The van der Waals surface area contributed by atoms with Crippen molar-refractivity contribution in [1.82, 2.24) is 5.32 Å². The lowest BCUT2D eigenvalue weighted by molar-refractivity contribution is -0.129. The van der Waals surface area contributed by atoms with Crippen LogP contribution in [0.3, 0.4) is 0 Å². The molecule has 0 aliphatic heterocycles. The van der Waals surface area contributed by atoms with Crippen molar-refractivity contribution in [2.75, 3.05) is 0 Å². The Morgan fingerprint density at radius 1 is 1.32 bits per heavy atom. The molecule has 0 aliphatic rings. The van der Waals surface area contributed by atoms with Gasteiger partial charge in [0.1, 0.15) is 17.1 Å². The molecular weight excluding hydrogens is 286 g/mol. The number of carbonyl (C=O) groups is 2. The van der Waals surface area contributed by atoms with E-state index in [2.05, 4.69) is 5.32 Å². The number of hydrogen-bond acceptors (Lipinski definition) is 5.